The molecule has 1 unspecified atom stereocenters. The van der Waals surface area contributed by atoms with Gasteiger partial charge in [0.05, 0.1) is 0 Å². The summed E-state index contributed by atoms with van der Waals surface area (Å²) in [4.78, 5) is 4.48. The van der Waals surface area contributed by atoms with Gasteiger partial charge in [-0.1, -0.05) is 13.8 Å². The van der Waals surface area contributed by atoms with Crippen LogP contribution in [0.4, 0.5) is 0 Å². The van der Waals surface area contributed by atoms with Crippen LogP contribution in [-0.2, 0) is 6.42 Å². The number of H-pyrrole nitrogens is 1. The van der Waals surface area contributed by atoms with E-state index < -0.39 is 0 Å². The Morgan fingerprint density at radius 1 is 1.57 bits per heavy atom. The molecule has 0 radical (unpaired) electrons. The van der Waals surface area contributed by atoms with Crippen LogP contribution < -0.4 is 5.73 Å². The average molecular weight is 194 g/mol. The predicted molar refractivity (Wildman–Crippen MR) is 54.9 cm³/mol. The molecule has 78 valence electrons. The third kappa shape index (κ3) is 1.80. The number of hydrogen-bond donors (Lipinski definition) is 2. The van der Waals surface area contributed by atoms with Gasteiger partial charge in [0.1, 0.15) is 5.82 Å². The van der Waals surface area contributed by atoms with Crippen LogP contribution in [0.1, 0.15) is 44.3 Å². The third-order valence-corrected chi connectivity index (χ3v) is 2.99. The summed E-state index contributed by atoms with van der Waals surface area (Å²) in [5.41, 5.74) is 5.85. The van der Waals surface area contributed by atoms with Crippen LogP contribution in [0.2, 0.25) is 0 Å². The van der Waals surface area contributed by atoms with Crippen molar-refractivity contribution in [2.45, 2.75) is 39.0 Å². The van der Waals surface area contributed by atoms with Crippen LogP contribution in [0, 0.1) is 5.41 Å². The molecule has 1 aromatic rings. The molecular formula is C10H18N4. The van der Waals surface area contributed by atoms with Crippen molar-refractivity contribution < 1.29 is 0 Å². The van der Waals surface area contributed by atoms with E-state index in [1.54, 1.807) is 0 Å². The molecule has 1 saturated carbocycles. The molecule has 4 nitrogen and oxygen atoms in total. The molecule has 1 fully saturated rings. The zero-order valence-corrected chi connectivity index (χ0v) is 8.88. The lowest BCUT2D eigenvalue weighted by Crippen LogP contribution is -2.01. The molecule has 1 atom stereocenters. The minimum Gasteiger partial charge on any atom is -0.330 e. The molecule has 4 heteroatoms. The summed E-state index contributed by atoms with van der Waals surface area (Å²) in [6.45, 7) is 5.23. The molecule has 14 heavy (non-hydrogen) atoms. The van der Waals surface area contributed by atoms with E-state index in [0.29, 0.717) is 17.9 Å². The van der Waals surface area contributed by atoms with Crippen LogP contribution in [0.3, 0.4) is 0 Å². The lowest BCUT2D eigenvalue weighted by Gasteiger charge is -1.96. The summed E-state index contributed by atoms with van der Waals surface area (Å²) in [5.74, 6) is 2.53. The largest absolute Gasteiger partial charge is 0.330 e. The number of aryl methyl sites for hydroxylation is 1. The highest BCUT2D eigenvalue weighted by Crippen LogP contribution is 2.57. The van der Waals surface area contributed by atoms with Gasteiger partial charge in [-0.05, 0) is 24.8 Å². The van der Waals surface area contributed by atoms with Gasteiger partial charge < -0.3 is 5.73 Å². The second kappa shape index (κ2) is 3.35. The Morgan fingerprint density at radius 3 is 2.86 bits per heavy atom. The lowest BCUT2D eigenvalue weighted by molar-refractivity contribution is 0.609. The van der Waals surface area contributed by atoms with Gasteiger partial charge in [0, 0.05) is 12.3 Å². The third-order valence-electron chi connectivity index (χ3n) is 2.99. The Labute approximate surface area is 84.3 Å². The number of nitrogens with two attached hydrogens (primary N) is 1. The Hall–Kier alpha value is -0.900. The first kappa shape index (κ1) is 9.65. The molecule has 0 bridgehead atoms. The number of hydrogen-bond acceptors (Lipinski definition) is 3. The first-order valence-electron chi connectivity index (χ1n) is 5.25. The van der Waals surface area contributed by atoms with E-state index in [4.69, 9.17) is 5.73 Å². The smallest absolute Gasteiger partial charge is 0.154 e. The van der Waals surface area contributed by atoms with E-state index in [1.807, 2.05) is 0 Å². The van der Waals surface area contributed by atoms with Gasteiger partial charge in [0.15, 0.2) is 5.82 Å². The van der Waals surface area contributed by atoms with Crippen LogP contribution in [-0.4, -0.2) is 21.7 Å². The normalized spacial score (nSPS) is 23.8. The second-order valence-corrected chi connectivity index (χ2v) is 4.78. The zero-order chi connectivity index (χ0) is 10.2. The molecule has 1 aromatic heterocycles. The molecule has 0 saturated heterocycles. The maximum absolute atomic E-state index is 5.44. The van der Waals surface area contributed by atoms with Crippen LogP contribution in [0.25, 0.3) is 0 Å². The van der Waals surface area contributed by atoms with E-state index in [-0.39, 0.29) is 0 Å². The average Bonchev–Trinajstić information content (AvgIpc) is 2.63. The molecule has 0 aromatic carbocycles. The maximum Gasteiger partial charge on any atom is 0.154 e. The van der Waals surface area contributed by atoms with Crippen LogP contribution >= 0.6 is 0 Å². The Bertz CT molecular complexity index is 316. The van der Waals surface area contributed by atoms with E-state index in [2.05, 4.69) is 29.0 Å². The molecule has 1 aliphatic rings. The Kier molecular flexibility index (Phi) is 2.31. The number of aromatic nitrogens is 3. The van der Waals surface area contributed by atoms with E-state index in [9.17, 15) is 0 Å². The first-order chi connectivity index (χ1) is 6.63. The molecule has 0 spiro atoms. The topological polar surface area (TPSA) is 67.6 Å². The van der Waals surface area contributed by atoms with Crippen molar-refractivity contribution in [3.05, 3.63) is 11.6 Å². The van der Waals surface area contributed by atoms with E-state index >= 15 is 0 Å². The summed E-state index contributed by atoms with van der Waals surface area (Å²) in [5, 5.41) is 7.23. The van der Waals surface area contributed by atoms with Gasteiger partial charge in [0.2, 0.25) is 0 Å². The highest BCUT2D eigenvalue weighted by atomic mass is 15.2. The fraction of sp³-hybridized carbons (Fsp3) is 0.800. The Balaban J connectivity index is 1.97. The summed E-state index contributed by atoms with van der Waals surface area (Å²) >= 11 is 0. The molecule has 1 aliphatic carbocycles. The number of nitrogens with one attached hydrogen (secondary N) is 1. The lowest BCUT2D eigenvalue weighted by atomic mass is 10.1. The fourth-order valence-electron chi connectivity index (χ4n) is 1.76. The quantitative estimate of drug-likeness (QED) is 0.757. The van der Waals surface area contributed by atoms with Crippen LogP contribution in [0.15, 0.2) is 0 Å². The maximum atomic E-state index is 5.44. The van der Waals surface area contributed by atoms with Gasteiger partial charge in [-0.2, -0.15) is 5.10 Å². The van der Waals surface area contributed by atoms with Crippen molar-refractivity contribution in [3.63, 3.8) is 0 Å². The number of rotatable bonds is 4. The fourth-order valence-corrected chi connectivity index (χ4v) is 1.76. The van der Waals surface area contributed by atoms with Crippen molar-refractivity contribution in [2.75, 3.05) is 6.54 Å². The van der Waals surface area contributed by atoms with Crippen molar-refractivity contribution in [3.8, 4) is 0 Å². The zero-order valence-electron chi connectivity index (χ0n) is 8.88. The van der Waals surface area contributed by atoms with Crippen molar-refractivity contribution in [1.29, 1.82) is 0 Å². The molecule has 1 heterocycles. The summed E-state index contributed by atoms with van der Waals surface area (Å²) in [6, 6.07) is 0. The van der Waals surface area contributed by atoms with Gasteiger partial charge in [-0.25, -0.2) is 4.98 Å². The van der Waals surface area contributed by atoms with Crippen molar-refractivity contribution >= 4 is 0 Å². The Morgan fingerprint density at radius 2 is 2.29 bits per heavy atom. The van der Waals surface area contributed by atoms with Crippen molar-refractivity contribution in [2.24, 2.45) is 11.1 Å². The highest BCUT2D eigenvalue weighted by molar-refractivity contribution is 5.15. The second-order valence-electron chi connectivity index (χ2n) is 4.78. The highest BCUT2D eigenvalue weighted by Gasteiger charge is 2.49. The van der Waals surface area contributed by atoms with Gasteiger partial charge >= 0.3 is 0 Å². The molecular weight excluding hydrogens is 176 g/mol. The number of aromatic amines is 1. The first-order valence-corrected chi connectivity index (χ1v) is 5.25. The standard InChI is InChI=1S/C10H18N4/c1-10(2)6-7(10)9-12-8(13-14-9)4-3-5-11/h7H,3-6,11H2,1-2H3,(H,12,13,14). The molecule has 0 aliphatic heterocycles. The SMILES string of the molecule is CC1(C)CC1c1n[nH]c(CCCN)n1. The van der Waals surface area contributed by atoms with Gasteiger partial charge in [-0.15, -0.1) is 0 Å². The van der Waals surface area contributed by atoms with Gasteiger partial charge in [-0.3, -0.25) is 5.10 Å². The summed E-state index contributed by atoms with van der Waals surface area (Å²) in [7, 11) is 0. The molecule has 2 rings (SSSR count). The summed E-state index contributed by atoms with van der Waals surface area (Å²) in [6.07, 6.45) is 3.10. The van der Waals surface area contributed by atoms with E-state index in [0.717, 1.165) is 24.5 Å². The van der Waals surface area contributed by atoms with Crippen molar-refractivity contribution in [1.82, 2.24) is 15.2 Å². The summed E-state index contributed by atoms with van der Waals surface area (Å²) < 4.78 is 0. The van der Waals surface area contributed by atoms with Gasteiger partial charge in [0.25, 0.3) is 0 Å². The number of nitrogens with zero attached hydrogens (tertiary/aromatic N) is 2. The monoisotopic (exact) mass is 194 g/mol. The minimum absolute atomic E-state index is 0.410. The minimum atomic E-state index is 0.410. The predicted octanol–water partition coefficient (Wildman–Crippen LogP) is 1.21. The van der Waals surface area contributed by atoms with E-state index in [1.165, 1.54) is 6.42 Å². The molecule has 3 N–H and O–H groups in total. The van der Waals surface area contributed by atoms with Crippen LogP contribution in [0.5, 0.6) is 0 Å². The molecule has 0 amide bonds.